The van der Waals surface area contributed by atoms with E-state index in [-0.39, 0.29) is 5.97 Å². The van der Waals surface area contributed by atoms with E-state index in [2.05, 4.69) is 10.1 Å². The average molecular weight is 176 g/mol. The first-order chi connectivity index (χ1) is 5.81. The van der Waals surface area contributed by atoms with Crippen LogP contribution in [-0.2, 0) is 9.53 Å². The molecule has 0 amide bonds. The van der Waals surface area contributed by atoms with Crippen LogP contribution in [-0.4, -0.2) is 32.7 Å². The number of carbonyl (C=O) groups is 1. The van der Waals surface area contributed by atoms with Crippen LogP contribution in [0.15, 0.2) is 0 Å². The van der Waals surface area contributed by atoms with Gasteiger partial charge in [-0.25, -0.2) is 0 Å². The van der Waals surface area contributed by atoms with E-state index in [0.717, 1.165) is 6.54 Å². The summed E-state index contributed by atoms with van der Waals surface area (Å²) in [6, 6.07) is 0. The van der Waals surface area contributed by atoms with Crippen LogP contribution in [0.4, 0.5) is 0 Å². The Balaban J connectivity index is 0. The lowest BCUT2D eigenvalue weighted by Crippen LogP contribution is -2.25. The van der Waals surface area contributed by atoms with Crippen LogP contribution >= 0.6 is 0 Å². The number of nitrogens with one attached hydrogen (secondary N) is 1. The summed E-state index contributed by atoms with van der Waals surface area (Å²) in [6.45, 7) is 5.99. The Hall–Kier alpha value is -0.610. The molecule has 0 aliphatic heterocycles. The standard InChI is InChI=1S/C6H14N2O2.C2H6/c1-10-6(9)2-4-8-5-3-7;1-2/h8H,2-5,7H2,1H3;1-2H3. The van der Waals surface area contributed by atoms with Gasteiger partial charge in [-0.05, 0) is 0 Å². The second kappa shape index (κ2) is 13.0. The maximum atomic E-state index is 10.5. The van der Waals surface area contributed by atoms with E-state index in [1.54, 1.807) is 0 Å². The van der Waals surface area contributed by atoms with Crippen molar-refractivity contribution in [3.05, 3.63) is 0 Å². The summed E-state index contributed by atoms with van der Waals surface area (Å²) in [5.41, 5.74) is 5.20. The van der Waals surface area contributed by atoms with Crippen molar-refractivity contribution >= 4 is 5.97 Å². The first-order valence-electron chi connectivity index (χ1n) is 4.29. The Morgan fingerprint density at radius 1 is 1.42 bits per heavy atom. The van der Waals surface area contributed by atoms with Crippen molar-refractivity contribution in [1.29, 1.82) is 0 Å². The molecular weight excluding hydrogens is 156 g/mol. The average Bonchev–Trinajstić information content (AvgIpc) is 2.15. The first-order valence-corrected chi connectivity index (χ1v) is 4.29. The van der Waals surface area contributed by atoms with Gasteiger partial charge in [0.25, 0.3) is 0 Å². The van der Waals surface area contributed by atoms with Gasteiger partial charge in [0.1, 0.15) is 0 Å². The lowest BCUT2D eigenvalue weighted by atomic mass is 10.4. The van der Waals surface area contributed by atoms with E-state index in [1.165, 1.54) is 7.11 Å². The lowest BCUT2D eigenvalue weighted by molar-refractivity contribution is -0.140. The van der Waals surface area contributed by atoms with Gasteiger partial charge in [-0.15, -0.1) is 0 Å². The van der Waals surface area contributed by atoms with E-state index in [1.807, 2.05) is 13.8 Å². The minimum Gasteiger partial charge on any atom is -0.469 e. The van der Waals surface area contributed by atoms with Gasteiger partial charge in [0.2, 0.25) is 0 Å². The van der Waals surface area contributed by atoms with Gasteiger partial charge in [0, 0.05) is 19.6 Å². The van der Waals surface area contributed by atoms with E-state index in [0.29, 0.717) is 19.5 Å². The number of hydrogen-bond acceptors (Lipinski definition) is 4. The molecule has 0 rings (SSSR count). The number of nitrogens with two attached hydrogens (primary N) is 1. The largest absolute Gasteiger partial charge is 0.469 e. The molecule has 0 aliphatic rings. The summed E-state index contributed by atoms with van der Waals surface area (Å²) >= 11 is 0. The summed E-state index contributed by atoms with van der Waals surface area (Å²) in [4.78, 5) is 10.5. The maximum absolute atomic E-state index is 10.5. The fourth-order valence-corrected chi connectivity index (χ4v) is 0.520. The highest BCUT2D eigenvalue weighted by atomic mass is 16.5. The molecule has 0 aromatic carbocycles. The quantitative estimate of drug-likeness (QED) is 0.461. The van der Waals surface area contributed by atoms with Crippen molar-refractivity contribution in [3.63, 3.8) is 0 Å². The molecule has 0 aliphatic carbocycles. The predicted octanol–water partition coefficient (Wildman–Crippen LogP) is 0.124. The van der Waals surface area contributed by atoms with Crippen LogP contribution in [0.1, 0.15) is 20.3 Å². The van der Waals surface area contributed by atoms with E-state index in [9.17, 15) is 4.79 Å². The highest BCUT2D eigenvalue weighted by Crippen LogP contribution is 1.79. The molecule has 0 aromatic heterocycles. The number of hydrogen-bond donors (Lipinski definition) is 2. The van der Waals surface area contributed by atoms with Crippen molar-refractivity contribution in [2.75, 3.05) is 26.7 Å². The van der Waals surface area contributed by atoms with Crippen LogP contribution < -0.4 is 11.1 Å². The Labute approximate surface area is 74.5 Å². The zero-order chi connectivity index (χ0) is 9.82. The van der Waals surface area contributed by atoms with Gasteiger partial charge in [0.15, 0.2) is 0 Å². The molecule has 0 spiro atoms. The van der Waals surface area contributed by atoms with Gasteiger partial charge < -0.3 is 15.8 Å². The lowest BCUT2D eigenvalue weighted by Gasteiger charge is -2.00. The summed E-state index contributed by atoms with van der Waals surface area (Å²) < 4.78 is 4.42. The molecule has 0 radical (unpaired) electrons. The zero-order valence-electron chi connectivity index (χ0n) is 8.22. The van der Waals surface area contributed by atoms with Crippen LogP contribution in [0.25, 0.3) is 0 Å². The molecule has 0 saturated carbocycles. The van der Waals surface area contributed by atoms with E-state index < -0.39 is 0 Å². The molecule has 0 aromatic rings. The van der Waals surface area contributed by atoms with Crippen LogP contribution in [0.2, 0.25) is 0 Å². The Morgan fingerprint density at radius 3 is 2.42 bits per heavy atom. The van der Waals surface area contributed by atoms with Crippen molar-refractivity contribution in [2.24, 2.45) is 5.73 Å². The van der Waals surface area contributed by atoms with Gasteiger partial charge in [-0.3, -0.25) is 4.79 Å². The number of ether oxygens (including phenoxy) is 1. The SMILES string of the molecule is CC.COC(=O)CCNCCN. The minimum atomic E-state index is -0.190. The molecule has 0 unspecified atom stereocenters. The van der Waals surface area contributed by atoms with Crippen molar-refractivity contribution < 1.29 is 9.53 Å². The zero-order valence-corrected chi connectivity index (χ0v) is 8.22. The molecule has 0 heterocycles. The summed E-state index contributed by atoms with van der Waals surface area (Å²) in [7, 11) is 1.38. The number of carbonyl (C=O) groups excluding carboxylic acids is 1. The monoisotopic (exact) mass is 176 g/mol. The molecule has 4 heteroatoms. The molecule has 3 N–H and O–H groups in total. The molecule has 0 fully saturated rings. The minimum absolute atomic E-state index is 0.190. The molecule has 0 bridgehead atoms. The van der Waals surface area contributed by atoms with Crippen molar-refractivity contribution in [2.45, 2.75) is 20.3 Å². The smallest absolute Gasteiger partial charge is 0.306 e. The van der Waals surface area contributed by atoms with Crippen LogP contribution in [0.5, 0.6) is 0 Å². The molecule has 0 atom stereocenters. The van der Waals surface area contributed by atoms with Crippen LogP contribution in [0.3, 0.4) is 0 Å². The molecule has 4 nitrogen and oxygen atoms in total. The van der Waals surface area contributed by atoms with Crippen LogP contribution in [0, 0.1) is 0 Å². The summed E-state index contributed by atoms with van der Waals surface area (Å²) in [6.07, 6.45) is 0.413. The summed E-state index contributed by atoms with van der Waals surface area (Å²) in [5.74, 6) is -0.190. The predicted molar refractivity (Wildman–Crippen MR) is 49.9 cm³/mol. The third kappa shape index (κ3) is 12.1. The Morgan fingerprint density at radius 2 is 2.00 bits per heavy atom. The summed E-state index contributed by atoms with van der Waals surface area (Å²) in [5, 5.41) is 2.97. The topological polar surface area (TPSA) is 64.3 Å². The fourth-order valence-electron chi connectivity index (χ4n) is 0.520. The van der Waals surface area contributed by atoms with E-state index in [4.69, 9.17) is 5.73 Å². The number of esters is 1. The number of rotatable bonds is 5. The highest BCUT2D eigenvalue weighted by Gasteiger charge is 1.96. The normalized spacial score (nSPS) is 8.33. The van der Waals surface area contributed by atoms with Gasteiger partial charge in [-0.1, -0.05) is 13.8 Å². The first kappa shape index (κ1) is 13.9. The molecule has 0 saturated heterocycles. The van der Waals surface area contributed by atoms with Gasteiger partial charge >= 0.3 is 5.97 Å². The third-order valence-corrected chi connectivity index (χ3v) is 1.05. The number of methoxy groups -OCH3 is 1. The third-order valence-electron chi connectivity index (χ3n) is 1.05. The second-order valence-corrected chi connectivity index (χ2v) is 1.86. The fraction of sp³-hybridized carbons (Fsp3) is 0.875. The van der Waals surface area contributed by atoms with E-state index >= 15 is 0 Å². The highest BCUT2D eigenvalue weighted by molar-refractivity contribution is 5.69. The second-order valence-electron chi connectivity index (χ2n) is 1.86. The Kier molecular flexibility index (Phi) is 15.1. The molecule has 74 valence electrons. The molecular formula is C8H20N2O2. The maximum Gasteiger partial charge on any atom is 0.306 e. The van der Waals surface area contributed by atoms with Gasteiger partial charge in [0.05, 0.1) is 13.5 Å². The van der Waals surface area contributed by atoms with Gasteiger partial charge in [-0.2, -0.15) is 0 Å². The van der Waals surface area contributed by atoms with Crippen molar-refractivity contribution in [3.8, 4) is 0 Å². The molecule has 12 heavy (non-hydrogen) atoms. The van der Waals surface area contributed by atoms with Crippen molar-refractivity contribution in [1.82, 2.24) is 5.32 Å². The Bertz CT molecular complexity index is 97.1.